The third-order valence-corrected chi connectivity index (χ3v) is 3.55. The lowest BCUT2D eigenvalue weighted by molar-refractivity contribution is 0.283. The van der Waals surface area contributed by atoms with Gasteiger partial charge in [-0.25, -0.2) is 9.67 Å². The molecule has 0 radical (unpaired) electrons. The number of alkyl halides is 1. The van der Waals surface area contributed by atoms with Gasteiger partial charge in [0.25, 0.3) is 0 Å². The Kier molecular flexibility index (Phi) is 4.82. The first-order valence-corrected chi connectivity index (χ1v) is 7.33. The molecule has 4 nitrogen and oxygen atoms in total. The third-order valence-electron chi connectivity index (χ3n) is 2.80. The fourth-order valence-electron chi connectivity index (χ4n) is 1.91. The highest BCUT2D eigenvalue weighted by Gasteiger charge is 2.10. The predicted molar refractivity (Wildman–Crippen MR) is 78.5 cm³/mol. The zero-order chi connectivity index (χ0) is 13.8. The minimum Gasteiger partial charge on any atom is -0.485 e. The maximum absolute atomic E-state index is 5.96. The number of aromatic nitrogens is 3. The fraction of sp³-hybridized carbons (Fsp3) is 0.385. The van der Waals surface area contributed by atoms with E-state index in [9.17, 15) is 0 Å². The number of halogens is 2. The van der Waals surface area contributed by atoms with Crippen LogP contribution < -0.4 is 4.74 Å². The molecule has 0 bridgehead atoms. The number of nitrogens with zero attached hydrogens (tertiary/aromatic N) is 3. The van der Waals surface area contributed by atoms with E-state index in [1.165, 1.54) is 0 Å². The number of hydrogen-bond acceptors (Lipinski definition) is 3. The zero-order valence-corrected chi connectivity index (χ0v) is 13.2. The van der Waals surface area contributed by atoms with Crippen molar-refractivity contribution in [3.05, 3.63) is 39.9 Å². The van der Waals surface area contributed by atoms with Gasteiger partial charge in [0.1, 0.15) is 18.7 Å². The van der Waals surface area contributed by atoms with Crippen molar-refractivity contribution in [3.63, 3.8) is 0 Å². The maximum atomic E-state index is 5.96. The predicted octanol–water partition coefficient (Wildman–Crippen LogP) is 3.69. The van der Waals surface area contributed by atoms with Crippen LogP contribution in [0, 0.1) is 6.92 Å². The average Bonchev–Trinajstić information content (AvgIpc) is 2.84. The number of benzene rings is 1. The molecule has 0 spiro atoms. The van der Waals surface area contributed by atoms with Crippen molar-refractivity contribution >= 4 is 27.5 Å². The molecule has 19 heavy (non-hydrogen) atoms. The Morgan fingerprint density at radius 2 is 2.21 bits per heavy atom. The maximum Gasteiger partial charge on any atom is 0.164 e. The van der Waals surface area contributed by atoms with Gasteiger partial charge in [-0.2, -0.15) is 5.10 Å². The molecule has 0 unspecified atom stereocenters. The number of aryl methyl sites for hydroxylation is 2. The summed E-state index contributed by atoms with van der Waals surface area (Å²) < 4.78 is 8.69. The Balaban J connectivity index is 2.20. The summed E-state index contributed by atoms with van der Waals surface area (Å²) in [6.07, 6.45) is 1.54. The molecule has 6 heteroatoms. The molecule has 0 amide bonds. The van der Waals surface area contributed by atoms with Gasteiger partial charge in [0.2, 0.25) is 0 Å². The summed E-state index contributed by atoms with van der Waals surface area (Å²) in [5.74, 6) is 2.05. The molecule has 0 N–H and O–H groups in total. The van der Waals surface area contributed by atoms with E-state index in [0.29, 0.717) is 12.5 Å². The van der Waals surface area contributed by atoms with Crippen molar-refractivity contribution in [3.8, 4) is 5.75 Å². The van der Waals surface area contributed by atoms with Gasteiger partial charge in [-0.1, -0.05) is 15.9 Å². The summed E-state index contributed by atoms with van der Waals surface area (Å²) in [4.78, 5) is 4.19. The zero-order valence-electron chi connectivity index (χ0n) is 10.9. The van der Waals surface area contributed by atoms with Gasteiger partial charge in [-0.15, -0.1) is 11.6 Å². The molecule has 0 atom stereocenters. The second-order valence-corrected chi connectivity index (χ2v) is 5.31. The lowest BCUT2D eigenvalue weighted by Crippen LogP contribution is -2.08. The quantitative estimate of drug-likeness (QED) is 0.777. The first-order valence-electron chi connectivity index (χ1n) is 6.00. The Labute approximate surface area is 125 Å². The third kappa shape index (κ3) is 3.28. The minimum absolute atomic E-state index is 0.389. The van der Waals surface area contributed by atoms with Crippen LogP contribution in [0.4, 0.5) is 0 Å². The van der Waals surface area contributed by atoms with Crippen LogP contribution in [-0.4, -0.2) is 14.8 Å². The Morgan fingerprint density at radius 1 is 1.42 bits per heavy atom. The topological polar surface area (TPSA) is 39.9 Å². The van der Waals surface area contributed by atoms with Crippen LogP contribution in [-0.2, 0) is 19.0 Å². The van der Waals surface area contributed by atoms with Crippen LogP contribution >= 0.6 is 27.5 Å². The smallest absolute Gasteiger partial charge is 0.164 e. The van der Waals surface area contributed by atoms with Crippen LogP contribution in [0.2, 0.25) is 0 Å². The Hall–Kier alpha value is -1.07. The minimum atomic E-state index is 0.389. The van der Waals surface area contributed by atoms with E-state index >= 15 is 0 Å². The van der Waals surface area contributed by atoms with E-state index in [0.717, 1.165) is 33.7 Å². The van der Waals surface area contributed by atoms with Gasteiger partial charge in [0.05, 0.1) is 5.88 Å². The van der Waals surface area contributed by atoms with Crippen LogP contribution in [0.1, 0.15) is 23.9 Å². The molecule has 2 aromatic rings. The number of ether oxygens (including phenoxy) is 1. The van der Waals surface area contributed by atoms with Gasteiger partial charge in [0, 0.05) is 16.6 Å². The molecule has 1 aromatic carbocycles. The van der Waals surface area contributed by atoms with E-state index < -0.39 is 0 Å². The van der Waals surface area contributed by atoms with Crippen LogP contribution in [0.15, 0.2) is 22.9 Å². The van der Waals surface area contributed by atoms with Gasteiger partial charge in [0.15, 0.2) is 5.82 Å². The van der Waals surface area contributed by atoms with E-state index in [-0.39, 0.29) is 0 Å². The fourth-order valence-corrected chi connectivity index (χ4v) is 2.72. The van der Waals surface area contributed by atoms with Crippen molar-refractivity contribution in [2.75, 3.05) is 0 Å². The molecule has 0 saturated carbocycles. The van der Waals surface area contributed by atoms with Gasteiger partial charge >= 0.3 is 0 Å². The van der Waals surface area contributed by atoms with E-state index in [4.69, 9.17) is 16.3 Å². The molecule has 1 heterocycles. The average molecular weight is 345 g/mol. The molecule has 0 saturated heterocycles. The molecular weight excluding hydrogens is 330 g/mol. The number of rotatable bonds is 5. The van der Waals surface area contributed by atoms with E-state index in [2.05, 4.69) is 26.0 Å². The van der Waals surface area contributed by atoms with Crippen LogP contribution in [0.3, 0.4) is 0 Å². The lowest BCUT2D eigenvalue weighted by Gasteiger charge is -2.13. The highest BCUT2D eigenvalue weighted by Crippen LogP contribution is 2.29. The summed E-state index contributed by atoms with van der Waals surface area (Å²) in [6.45, 7) is 5.19. The van der Waals surface area contributed by atoms with Crippen molar-refractivity contribution in [1.29, 1.82) is 0 Å². The molecule has 1 aromatic heterocycles. The molecule has 0 aliphatic heterocycles. The summed E-state index contributed by atoms with van der Waals surface area (Å²) in [5.41, 5.74) is 2.02. The molecule has 102 valence electrons. The summed E-state index contributed by atoms with van der Waals surface area (Å²) in [7, 11) is 0. The first-order chi connectivity index (χ1) is 9.15. The second kappa shape index (κ2) is 6.39. The normalized spacial score (nSPS) is 10.7. The SMILES string of the molecule is CCn1ncnc1COc1c(C)cc(Br)cc1CCl. The van der Waals surface area contributed by atoms with Crippen molar-refractivity contribution in [2.45, 2.75) is 32.9 Å². The van der Waals surface area contributed by atoms with Crippen LogP contribution in [0.25, 0.3) is 0 Å². The van der Waals surface area contributed by atoms with Crippen molar-refractivity contribution in [1.82, 2.24) is 14.8 Å². The highest BCUT2D eigenvalue weighted by atomic mass is 79.9. The highest BCUT2D eigenvalue weighted by molar-refractivity contribution is 9.10. The number of hydrogen-bond donors (Lipinski definition) is 0. The summed E-state index contributed by atoms with van der Waals surface area (Å²) >= 11 is 9.42. The molecule has 0 aliphatic carbocycles. The summed E-state index contributed by atoms with van der Waals surface area (Å²) in [6, 6.07) is 3.98. The summed E-state index contributed by atoms with van der Waals surface area (Å²) in [5, 5.41) is 4.12. The van der Waals surface area contributed by atoms with Gasteiger partial charge in [-0.3, -0.25) is 0 Å². The lowest BCUT2D eigenvalue weighted by atomic mass is 10.1. The van der Waals surface area contributed by atoms with Gasteiger partial charge in [-0.05, 0) is 31.5 Å². The molecule has 2 rings (SSSR count). The van der Waals surface area contributed by atoms with Gasteiger partial charge < -0.3 is 4.74 Å². The monoisotopic (exact) mass is 343 g/mol. The molecular formula is C13H15BrClN3O. The van der Waals surface area contributed by atoms with Crippen LogP contribution in [0.5, 0.6) is 5.75 Å². The Morgan fingerprint density at radius 3 is 2.89 bits per heavy atom. The standard InChI is InChI=1S/C13H15BrClN3O/c1-3-18-12(16-8-17-18)7-19-13-9(2)4-11(14)5-10(13)6-15/h4-5,8H,3,6-7H2,1-2H3. The van der Waals surface area contributed by atoms with E-state index in [1.807, 2.05) is 30.7 Å². The Bertz CT molecular complexity index is 571. The second-order valence-electron chi connectivity index (χ2n) is 4.13. The first kappa shape index (κ1) is 14.3. The molecule has 0 fully saturated rings. The van der Waals surface area contributed by atoms with E-state index in [1.54, 1.807) is 6.33 Å². The van der Waals surface area contributed by atoms with Crippen molar-refractivity contribution in [2.24, 2.45) is 0 Å². The largest absolute Gasteiger partial charge is 0.485 e. The van der Waals surface area contributed by atoms with Crippen molar-refractivity contribution < 1.29 is 4.74 Å². The molecule has 0 aliphatic rings.